The Morgan fingerprint density at radius 2 is 1.37 bits per heavy atom. The number of hydrogen-bond acceptors (Lipinski definition) is 4. The minimum Gasteiger partial charge on any atom is -0.457 e. The van der Waals surface area contributed by atoms with Gasteiger partial charge in [0.25, 0.3) is 0 Å². The summed E-state index contributed by atoms with van der Waals surface area (Å²) < 4.78 is 6.23. The minimum absolute atomic E-state index is 0.612. The monoisotopic (exact) mass is 468 g/mol. The number of hydrogen-bond donors (Lipinski definition) is 0. The molecule has 0 atom stereocenters. The maximum absolute atomic E-state index is 9.06. The molecular weight excluding hydrogens is 448 g/mol. The van der Waals surface area contributed by atoms with Crippen molar-refractivity contribution < 1.29 is 4.74 Å². The summed E-state index contributed by atoms with van der Waals surface area (Å²) in [5.41, 5.74) is 6.21. The van der Waals surface area contributed by atoms with E-state index >= 15 is 0 Å². The van der Waals surface area contributed by atoms with E-state index in [0.29, 0.717) is 11.3 Å². The Morgan fingerprint density at radius 1 is 0.657 bits per heavy atom. The molecule has 0 bridgehead atoms. The van der Waals surface area contributed by atoms with E-state index in [-0.39, 0.29) is 0 Å². The number of para-hydroxylation sites is 3. The first kappa shape index (κ1) is 21.1. The van der Waals surface area contributed by atoms with Crippen molar-refractivity contribution in [1.29, 1.82) is 5.26 Å². The summed E-state index contributed by atoms with van der Waals surface area (Å²) >= 11 is 1.79. The molecule has 6 rings (SSSR count). The fraction of sp³-hybridized carbons (Fsp3) is 0. The molecule has 35 heavy (non-hydrogen) atoms. The van der Waals surface area contributed by atoms with Crippen LogP contribution in [-0.4, -0.2) is 0 Å². The van der Waals surface area contributed by atoms with Crippen molar-refractivity contribution in [2.45, 2.75) is 9.79 Å². The van der Waals surface area contributed by atoms with Crippen LogP contribution in [0.5, 0.6) is 11.5 Å². The number of benzene rings is 5. The van der Waals surface area contributed by atoms with Gasteiger partial charge in [-0.05, 0) is 72.3 Å². The molecule has 5 aromatic carbocycles. The maximum atomic E-state index is 9.06. The first-order valence-electron chi connectivity index (χ1n) is 11.3. The molecule has 5 aromatic rings. The molecule has 0 saturated carbocycles. The zero-order valence-electron chi connectivity index (χ0n) is 18.8. The topological polar surface area (TPSA) is 36.3 Å². The molecule has 1 aliphatic rings. The number of nitrogens with zero attached hydrogens (tertiary/aromatic N) is 2. The Hall–Kier alpha value is -4.46. The second-order valence-corrected chi connectivity index (χ2v) is 9.24. The molecule has 4 heteroatoms. The van der Waals surface area contributed by atoms with Gasteiger partial charge in [-0.1, -0.05) is 66.4 Å². The van der Waals surface area contributed by atoms with Crippen LogP contribution in [0, 0.1) is 11.3 Å². The van der Waals surface area contributed by atoms with Gasteiger partial charge in [0, 0.05) is 21.0 Å². The summed E-state index contributed by atoms with van der Waals surface area (Å²) in [6, 6.07) is 43.0. The summed E-state index contributed by atoms with van der Waals surface area (Å²) in [4.78, 5) is 4.74. The fourth-order valence-electron chi connectivity index (χ4n) is 4.30. The van der Waals surface area contributed by atoms with Crippen molar-refractivity contribution in [3.05, 3.63) is 127 Å². The zero-order valence-corrected chi connectivity index (χ0v) is 19.6. The van der Waals surface area contributed by atoms with Gasteiger partial charge in [-0.25, -0.2) is 0 Å². The van der Waals surface area contributed by atoms with Crippen LogP contribution in [0.25, 0.3) is 11.1 Å². The molecule has 166 valence electrons. The first-order chi connectivity index (χ1) is 17.3. The summed E-state index contributed by atoms with van der Waals surface area (Å²) in [5.74, 6) is 1.48. The summed E-state index contributed by atoms with van der Waals surface area (Å²) in [6.45, 7) is 0. The van der Waals surface area contributed by atoms with Gasteiger partial charge in [-0.15, -0.1) is 0 Å². The van der Waals surface area contributed by atoms with Crippen LogP contribution in [0.3, 0.4) is 0 Å². The van der Waals surface area contributed by atoms with Crippen molar-refractivity contribution in [2.24, 2.45) is 0 Å². The number of nitriles is 1. The second-order valence-electron chi connectivity index (χ2n) is 8.16. The molecule has 3 nitrogen and oxygen atoms in total. The molecule has 1 aliphatic heterocycles. The van der Waals surface area contributed by atoms with E-state index in [1.807, 2.05) is 36.4 Å². The van der Waals surface area contributed by atoms with Crippen LogP contribution in [0.4, 0.5) is 17.1 Å². The van der Waals surface area contributed by atoms with Crippen molar-refractivity contribution in [1.82, 2.24) is 0 Å². The number of anilines is 3. The highest BCUT2D eigenvalue weighted by Crippen LogP contribution is 2.52. The van der Waals surface area contributed by atoms with Gasteiger partial charge in [0.2, 0.25) is 0 Å². The number of fused-ring (bicyclic) bond motifs is 2. The third-order valence-corrected chi connectivity index (χ3v) is 7.06. The van der Waals surface area contributed by atoms with E-state index in [1.54, 1.807) is 23.9 Å². The smallest absolute Gasteiger partial charge is 0.135 e. The molecule has 0 unspecified atom stereocenters. The van der Waals surface area contributed by atoms with E-state index in [2.05, 4.69) is 83.8 Å². The van der Waals surface area contributed by atoms with Crippen LogP contribution < -0.4 is 9.64 Å². The number of rotatable bonds is 4. The lowest BCUT2D eigenvalue weighted by Crippen LogP contribution is -2.14. The Labute approximate surface area is 208 Å². The fourth-order valence-corrected chi connectivity index (χ4v) is 5.40. The van der Waals surface area contributed by atoms with Crippen molar-refractivity contribution in [2.75, 3.05) is 4.90 Å². The van der Waals surface area contributed by atoms with Gasteiger partial charge in [-0.2, -0.15) is 5.26 Å². The van der Waals surface area contributed by atoms with Crippen LogP contribution in [0.1, 0.15) is 5.56 Å². The summed E-state index contributed by atoms with van der Waals surface area (Å²) in [6.07, 6.45) is 0. The zero-order chi connectivity index (χ0) is 23.6. The van der Waals surface area contributed by atoms with E-state index in [9.17, 15) is 0 Å². The highest BCUT2D eigenvalue weighted by molar-refractivity contribution is 7.99. The van der Waals surface area contributed by atoms with Gasteiger partial charge < -0.3 is 9.64 Å². The average Bonchev–Trinajstić information content (AvgIpc) is 2.92. The molecule has 0 fully saturated rings. The summed E-state index contributed by atoms with van der Waals surface area (Å²) in [5, 5.41) is 9.06. The normalized spacial score (nSPS) is 11.8. The Balaban J connectivity index is 1.41. The second kappa shape index (κ2) is 9.06. The third-order valence-electron chi connectivity index (χ3n) is 5.95. The summed E-state index contributed by atoms with van der Waals surface area (Å²) in [7, 11) is 0. The van der Waals surface area contributed by atoms with Gasteiger partial charge in [-0.3, -0.25) is 0 Å². The SMILES string of the molecule is N#Cc1ccc(Oc2ccccc2-c2ccc3c(c2)Sc2ccccc2N3c2ccccc2)cc1. The van der Waals surface area contributed by atoms with Crippen LogP contribution >= 0.6 is 11.8 Å². The molecule has 0 radical (unpaired) electrons. The molecule has 0 spiro atoms. The molecular formula is C31H20N2OS. The van der Waals surface area contributed by atoms with Crippen molar-refractivity contribution in [3.8, 4) is 28.7 Å². The largest absolute Gasteiger partial charge is 0.457 e. The van der Waals surface area contributed by atoms with Crippen LogP contribution in [0.15, 0.2) is 131 Å². The van der Waals surface area contributed by atoms with Crippen LogP contribution in [0.2, 0.25) is 0 Å². The predicted molar refractivity (Wildman–Crippen MR) is 142 cm³/mol. The Bertz CT molecular complexity index is 1560. The molecule has 1 heterocycles. The molecule has 0 N–H and O–H groups in total. The Kier molecular flexibility index (Phi) is 5.46. The molecule has 0 aliphatic carbocycles. The number of ether oxygens (including phenoxy) is 1. The lowest BCUT2D eigenvalue weighted by Gasteiger charge is -2.33. The Morgan fingerprint density at radius 3 is 2.20 bits per heavy atom. The molecule has 0 saturated heterocycles. The third kappa shape index (κ3) is 4.03. The van der Waals surface area contributed by atoms with E-state index in [0.717, 1.165) is 28.3 Å². The standard InChI is InChI=1S/C31H20N2OS/c32-21-22-14-17-25(18-15-22)34-29-12-6-4-10-26(29)23-16-19-28-31(20-23)35-30-13-7-5-11-27(30)33(28)24-8-2-1-3-9-24/h1-20H. The van der Waals surface area contributed by atoms with E-state index in [1.165, 1.54) is 15.5 Å². The minimum atomic E-state index is 0.612. The maximum Gasteiger partial charge on any atom is 0.135 e. The van der Waals surface area contributed by atoms with Crippen LogP contribution in [-0.2, 0) is 0 Å². The van der Waals surface area contributed by atoms with Gasteiger partial charge in [0.15, 0.2) is 0 Å². The highest BCUT2D eigenvalue weighted by atomic mass is 32.2. The van der Waals surface area contributed by atoms with Gasteiger partial charge in [0.05, 0.1) is 23.0 Å². The van der Waals surface area contributed by atoms with Gasteiger partial charge in [0.1, 0.15) is 11.5 Å². The van der Waals surface area contributed by atoms with Gasteiger partial charge >= 0.3 is 0 Å². The van der Waals surface area contributed by atoms with E-state index in [4.69, 9.17) is 10.00 Å². The predicted octanol–water partition coefficient (Wildman–Crippen LogP) is 8.95. The lowest BCUT2D eigenvalue weighted by molar-refractivity contribution is 0.484. The van der Waals surface area contributed by atoms with Crippen molar-refractivity contribution >= 4 is 28.8 Å². The highest BCUT2D eigenvalue weighted by Gasteiger charge is 2.25. The quantitative estimate of drug-likeness (QED) is 0.259. The first-order valence-corrected chi connectivity index (χ1v) is 12.2. The molecule has 0 amide bonds. The lowest BCUT2D eigenvalue weighted by atomic mass is 10.0. The average molecular weight is 469 g/mol. The van der Waals surface area contributed by atoms with Crippen molar-refractivity contribution in [3.63, 3.8) is 0 Å². The molecule has 0 aromatic heterocycles. The van der Waals surface area contributed by atoms with E-state index < -0.39 is 0 Å².